The molecule has 0 N–H and O–H groups in total. The number of piperazine rings is 1. The molecule has 0 spiro atoms. The van der Waals surface area contributed by atoms with Gasteiger partial charge in [-0.05, 0) is 64.0 Å². The maximum atomic E-state index is 13.0. The number of carbonyl (C=O) groups is 1. The minimum absolute atomic E-state index is 0.171. The Morgan fingerprint density at radius 1 is 1.05 bits per heavy atom. The lowest BCUT2D eigenvalue weighted by Gasteiger charge is -2.35. The number of hydrogen-bond donors (Lipinski definition) is 0. The molecule has 2 aromatic heterocycles. The number of nitrogens with zero attached hydrogens (tertiary/aromatic N) is 3. The van der Waals surface area contributed by atoms with Gasteiger partial charge in [-0.1, -0.05) is 6.07 Å². The molecule has 0 aliphatic carbocycles. The number of halogens is 3. The normalized spacial score (nSPS) is 14.8. The van der Waals surface area contributed by atoms with Gasteiger partial charge < -0.3 is 18.8 Å². The van der Waals surface area contributed by atoms with E-state index in [2.05, 4.69) is 9.88 Å². The number of hydrogen-bond acceptors (Lipinski definition) is 8. The summed E-state index contributed by atoms with van der Waals surface area (Å²) in [6, 6.07) is 6.91. The number of unbranched alkanes of at least 4 members (excludes halogenated alkanes) is 2. The molecule has 228 valence electrons. The van der Waals surface area contributed by atoms with E-state index in [0.29, 0.717) is 56.0 Å². The lowest BCUT2D eigenvalue weighted by Crippen LogP contribution is -2.49. The number of ether oxygens (including phenoxy) is 2. The summed E-state index contributed by atoms with van der Waals surface area (Å²) in [7, 11) is 0. The number of carbonyl (C=O) groups excluding carboxylic acids is 1. The highest BCUT2D eigenvalue weighted by Crippen LogP contribution is 2.34. The molecule has 0 saturated carbocycles. The maximum Gasteiger partial charge on any atom is 0.416 e. The van der Waals surface area contributed by atoms with Crippen LogP contribution in [0.3, 0.4) is 0 Å². The lowest BCUT2D eigenvalue weighted by molar-refractivity contribution is -0.137. The summed E-state index contributed by atoms with van der Waals surface area (Å²) >= 11 is 1.58. The van der Waals surface area contributed by atoms with Crippen LogP contribution in [0.2, 0.25) is 0 Å². The quantitative estimate of drug-likeness (QED) is 0.188. The van der Waals surface area contributed by atoms with Crippen LogP contribution in [0.15, 0.2) is 56.9 Å². The van der Waals surface area contributed by atoms with Crippen molar-refractivity contribution in [1.82, 2.24) is 14.8 Å². The van der Waals surface area contributed by atoms with E-state index in [1.807, 2.05) is 26.8 Å². The van der Waals surface area contributed by atoms with E-state index < -0.39 is 17.3 Å². The first kappa shape index (κ1) is 31.7. The zero-order chi connectivity index (χ0) is 30.3. The molecule has 1 fully saturated rings. The minimum atomic E-state index is -4.40. The van der Waals surface area contributed by atoms with Gasteiger partial charge in [-0.2, -0.15) is 13.2 Å². The van der Waals surface area contributed by atoms with Gasteiger partial charge in [-0.15, -0.1) is 11.8 Å². The molecular formula is C30H36F3N3O5S. The van der Waals surface area contributed by atoms with Crippen molar-refractivity contribution >= 4 is 28.8 Å². The molecule has 1 amide bonds. The summed E-state index contributed by atoms with van der Waals surface area (Å²) in [4.78, 5) is 33.5. The number of rotatable bonds is 10. The van der Waals surface area contributed by atoms with E-state index in [0.717, 1.165) is 42.0 Å². The van der Waals surface area contributed by atoms with Crippen molar-refractivity contribution in [2.75, 3.05) is 38.5 Å². The van der Waals surface area contributed by atoms with Gasteiger partial charge in [-0.25, -0.2) is 4.79 Å². The Labute approximate surface area is 247 Å². The fourth-order valence-electron chi connectivity index (χ4n) is 4.43. The zero-order valence-corrected chi connectivity index (χ0v) is 24.9. The van der Waals surface area contributed by atoms with Gasteiger partial charge in [0.2, 0.25) is 11.2 Å². The number of pyridine rings is 1. The molecule has 42 heavy (non-hydrogen) atoms. The number of amides is 1. The predicted molar refractivity (Wildman–Crippen MR) is 155 cm³/mol. The highest BCUT2D eigenvalue weighted by Gasteiger charge is 2.30. The summed E-state index contributed by atoms with van der Waals surface area (Å²) in [6.45, 7) is 8.74. The van der Waals surface area contributed by atoms with Gasteiger partial charge in [0.1, 0.15) is 17.6 Å². The van der Waals surface area contributed by atoms with Crippen LogP contribution >= 0.6 is 11.8 Å². The van der Waals surface area contributed by atoms with Gasteiger partial charge in [0.05, 0.1) is 24.2 Å². The monoisotopic (exact) mass is 607 g/mol. The number of thioether (sulfide) groups is 1. The van der Waals surface area contributed by atoms with Crippen molar-refractivity contribution in [3.63, 3.8) is 0 Å². The first-order valence-corrected chi connectivity index (χ1v) is 14.9. The largest absolute Gasteiger partial charge is 0.487 e. The van der Waals surface area contributed by atoms with Crippen molar-refractivity contribution in [2.24, 2.45) is 0 Å². The van der Waals surface area contributed by atoms with Gasteiger partial charge >= 0.3 is 12.3 Å². The van der Waals surface area contributed by atoms with E-state index in [9.17, 15) is 22.8 Å². The van der Waals surface area contributed by atoms with Crippen LogP contribution < -0.4 is 10.2 Å². The molecule has 1 aromatic carbocycles. The molecule has 8 nitrogen and oxygen atoms in total. The van der Waals surface area contributed by atoms with Crippen LogP contribution in [0, 0.1) is 0 Å². The first-order chi connectivity index (χ1) is 19.9. The molecule has 1 aliphatic heterocycles. The summed E-state index contributed by atoms with van der Waals surface area (Å²) in [5.74, 6) is 1.50. The number of fused-ring (bicyclic) bond motifs is 1. The highest BCUT2D eigenvalue weighted by molar-refractivity contribution is 7.99. The average Bonchev–Trinajstić information content (AvgIpc) is 2.92. The smallest absolute Gasteiger partial charge is 0.416 e. The molecule has 3 heterocycles. The van der Waals surface area contributed by atoms with Crippen LogP contribution in [0.4, 0.5) is 18.0 Å². The molecule has 0 bridgehead atoms. The molecule has 4 rings (SSSR count). The second-order valence-electron chi connectivity index (χ2n) is 11.1. The van der Waals surface area contributed by atoms with Gasteiger partial charge in [-0.3, -0.25) is 14.7 Å². The fraction of sp³-hybridized carbons (Fsp3) is 0.500. The lowest BCUT2D eigenvalue weighted by atomic mass is 10.1. The van der Waals surface area contributed by atoms with E-state index in [1.54, 1.807) is 16.7 Å². The summed E-state index contributed by atoms with van der Waals surface area (Å²) in [5.41, 5.74) is -1.15. The Bertz CT molecular complexity index is 1420. The number of benzene rings is 1. The van der Waals surface area contributed by atoms with Crippen molar-refractivity contribution in [3.8, 4) is 5.75 Å². The van der Waals surface area contributed by atoms with Crippen molar-refractivity contribution in [1.29, 1.82) is 0 Å². The summed E-state index contributed by atoms with van der Waals surface area (Å²) in [5, 5.41) is 0.706. The topological polar surface area (TPSA) is 85.1 Å². The Balaban J connectivity index is 1.15. The van der Waals surface area contributed by atoms with E-state index in [-0.39, 0.29) is 17.3 Å². The third kappa shape index (κ3) is 9.12. The van der Waals surface area contributed by atoms with Crippen LogP contribution in [0.1, 0.15) is 51.4 Å². The molecular weight excluding hydrogens is 571 g/mol. The first-order valence-electron chi connectivity index (χ1n) is 13.9. The highest BCUT2D eigenvalue weighted by atomic mass is 32.2. The van der Waals surface area contributed by atoms with E-state index in [1.165, 1.54) is 24.6 Å². The van der Waals surface area contributed by atoms with Crippen LogP contribution in [-0.2, 0) is 17.5 Å². The third-order valence-electron chi connectivity index (χ3n) is 6.59. The van der Waals surface area contributed by atoms with Crippen molar-refractivity contribution < 1.29 is 31.9 Å². The molecule has 0 atom stereocenters. The minimum Gasteiger partial charge on any atom is -0.487 e. The zero-order valence-electron chi connectivity index (χ0n) is 24.0. The van der Waals surface area contributed by atoms with Crippen molar-refractivity contribution in [2.45, 2.75) is 63.3 Å². The average molecular weight is 608 g/mol. The number of aromatic nitrogens is 1. The molecule has 12 heteroatoms. The van der Waals surface area contributed by atoms with Gasteiger partial charge in [0.25, 0.3) is 0 Å². The summed E-state index contributed by atoms with van der Waals surface area (Å²) in [6.07, 6.45) is 0.662. The molecule has 1 aliphatic rings. The Hall–Kier alpha value is -3.25. The second kappa shape index (κ2) is 13.8. The van der Waals surface area contributed by atoms with E-state index in [4.69, 9.17) is 13.9 Å². The van der Waals surface area contributed by atoms with E-state index >= 15 is 0 Å². The third-order valence-corrected chi connectivity index (χ3v) is 7.75. The van der Waals surface area contributed by atoms with Crippen LogP contribution in [0.25, 0.3) is 10.9 Å². The van der Waals surface area contributed by atoms with Gasteiger partial charge in [0, 0.05) is 48.7 Å². The Kier molecular flexibility index (Phi) is 10.4. The van der Waals surface area contributed by atoms with Crippen LogP contribution in [0.5, 0.6) is 5.75 Å². The summed E-state index contributed by atoms with van der Waals surface area (Å²) < 4.78 is 55.7. The van der Waals surface area contributed by atoms with Crippen LogP contribution in [-0.4, -0.2) is 65.0 Å². The maximum absolute atomic E-state index is 13.0. The molecule has 3 aromatic rings. The Morgan fingerprint density at radius 2 is 1.81 bits per heavy atom. The van der Waals surface area contributed by atoms with Gasteiger partial charge in [0.15, 0.2) is 0 Å². The standard InChI is InChI=1S/C30H36F3N3O5S/c1-29(2,3)41-28(38)36-13-11-35(12-14-36)19-22-18-25(37)26(20-40-22)39-15-5-4-6-16-42-27-9-10-34-24-17-21(30(31,32)33)7-8-23(24)27/h7-10,17-18,20H,4-6,11-16,19H2,1-3H3. The second-order valence-corrected chi connectivity index (χ2v) is 12.3. The van der Waals surface area contributed by atoms with Crippen molar-refractivity contribution in [3.05, 3.63) is 64.3 Å². The predicted octanol–water partition coefficient (Wildman–Crippen LogP) is 6.60. The molecule has 1 saturated heterocycles. The SMILES string of the molecule is CC(C)(C)OC(=O)N1CCN(Cc2cc(=O)c(OCCCCCSc3ccnc4cc(C(F)(F)F)ccc34)co2)CC1. The molecule has 0 radical (unpaired) electrons. The fourth-order valence-corrected chi connectivity index (χ4v) is 5.48. The molecule has 0 unspecified atom stereocenters. The Morgan fingerprint density at radius 3 is 2.50 bits per heavy atom. The number of alkyl halides is 3.